The van der Waals surface area contributed by atoms with Crippen LogP contribution in [0.2, 0.25) is 0 Å². The Balaban J connectivity index is 2.02. The first kappa shape index (κ1) is 19.4. The number of hydrogen-bond donors (Lipinski definition) is 0. The van der Waals surface area contributed by atoms with E-state index >= 15 is 0 Å². The van der Waals surface area contributed by atoms with Crippen LogP contribution in [-0.4, -0.2) is 24.0 Å². The predicted molar refractivity (Wildman–Crippen MR) is 89.4 cm³/mol. The Labute approximate surface area is 154 Å². The van der Waals surface area contributed by atoms with Gasteiger partial charge in [0.15, 0.2) is 0 Å². The van der Waals surface area contributed by atoms with E-state index in [1.54, 1.807) is 13.8 Å². The van der Waals surface area contributed by atoms with Crippen molar-refractivity contribution in [3.05, 3.63) is 29.3 Å². The van der Waals surface area contributed by atoms with Gasteiger partial charge in [-0.15, -0.1) is 0 Å². The van der Waals surface area contributed by atoms with Crippen molar-refractivity contribution in [2.45, 2.75) is 39.0 Å². The molecule has 1 aromatic carbocycles. The molecule has 2 amide bonds. The number of carbonyl (C=O) groups is 2. The third-order valence-electron chi connectivity index (χ3n) is 5.80. The van der Waals surface area contributed by atoms with Gasteiger partial charge >= 0.3 is 6.18 Å². The molecule has 144 valence electrons. The van der Waals surface area contributed by atoms with Crippen LogP contribution in [0.25, 0.3) is 0 Å². The number of ether oxygens (including phenoxy) is 1. The highest BCUT2D eigenvalue weighted by Gasteiger charge is 2.60. The van der Waals surface area contributed by atoms with Crippen LogP contribution in [0, 0.1) is 29.1 Å². The first-order chi connectivity index (χ1) is 12.6. The third kappa shape index (κ3) is 2.81. The number of carbonyl (C=O) groups excluding carboxylic acids is 2. The highest BCUT2D eigenvalue weighted by atomic mass is 19.4. The van der Waals surface area contributed by atoms with Gasteiger partial charge in [-0.3, -0.25) is 9.59 Å². The van der Waals surface area contributed by atoms with Crippen molar-refractivity contribution in [2.24, 2.45) is 17.8 Å². The van der Waals surface area contributed by atoms with E-state index in [1.165, 1.54) is 12.1 Å². The van der Waals surface area contributed by atoms with Crippen molar-refractivity contribution in [3.8, 4) is 6.07 Å². The fraction of sp³-hybridized carbons (Fsp3) is 0.526. The summed E-state index contributed by atoms with van der Waals surface area (Å²) in [6, 6.07) is 4.35. The largest absolute Gasteiger partial charge is 0.417 e. The highest BCUT2D eigenvalue weighted by Crippen LogP contribution is 2.48. The second-order valence-electron chi connectivity index (χ2n) is 7.22. The topological polar surface area (TPSA) is 70.4 Å². The number of benzene rings is 1. The summed E-state index contributed by atoms with van der Waals surface area (Å²) in [6.45, 7) is 5.83. The van der Waals surface area contributed by atoms with E-state index in [0.717, 1.165) is 17.4 Å². The molecule has 8 heteroatoms. The van der Waals surface area contributed by atoms with Crippen LogP contribution in [-0.2, 0) is 20.5 Å². The van der Waals surface area contributed by atoms with E-state index in [-0.39, 0.29) is 11.6 Å². The minimum Gasteiger partial charge on any atom is -0.374 e. The van der Waals surface area contributed by atoms with Crippen molar-refractivity contribution in [1.29, 1.82) is 5.26 Å². The maximum absolute atomic E-state index is 13.2. The van der Waals surface area contributed by atoms with Crippen LogP contribution in [0.1, 0.15) is 38.3 Å². The molecule has 5 nitrogen and oxygen atoms in total. The summed E-state index contributed by atoms with van der Waals surface area (Å²) < 4.78 is 45.4. The van der Waals surface area contributed by atoms with Crippen molar-refractivity contribution in [1.82, 2.24) is 0 Å². The zero-order valence-corrected chi connectivity index (χ0v) is 15.1. The Bertz CT molecular complexity index is 844. The van der Waals surface area contributed by atoms with Crippen molar-refractivity contribution in [3.63, 3.8) is 0 Å². The Morgan fingerprint density at radius 1 is 1.33 bits per heavy atom. The molecule has 4 unspecified atom stereocenters. The number of rotatable bonds is 3. The Morgan fingerprint density at radius 2 is 2.00 bits per heavy atom. The number of amides is 2. The average Bonchev–Trinajstić information content (AvgIpc) is 2.82. The first-order valence-corrected chi connectivity index (χ1v) is 8.69. The van der Waals surface area contributed by atoms with Gasteiger partial charge in [0.2, 0.25) is 11.8 Å². The molecule has 1 aromatic rings. The normalized spacial score (nSPS) is 31.0. The van der Waals surface area contributed by atoms with E-state index in [0.29, 0.717) is 12.7 Å². The number of hydrogen-bond acceptors (Lipinski definition) is 4. The molecule has 0 aliphatic carbocycles. The minimum absolute atomic E-state index is 0.105. The lowest BCUT2D eigenvalue weighted by atomic mass is 9.69. The third-order valence-corrected chi connectivity index (χ3v) is 5.80. The molecule has 2 aliphatic rings. The van der Waals surface area contributed by atoms with Gasteiger partial charge in [0.05, 0.1) is 46.9 Å². The molecule has 0 bridgehead atoms. The lowest BCUT2D eigenvalue weighted by molar-refractivity contribution is -0.225. The summed E-state index contributed by atoms with van der Waals surface area (Å²) in [4.78, 5) is 26.5. The summed E-state index contributed by atoms with van der Waals surface area (Å²) in [7, 11) is 0. The number of halogens is 3. The van der Waals surface area contributed by atoms with Gasteiger partial charge in [-0.1, -0.05) is 13.8 Å². The van der Waals surface area contributed by atoms with Crippen LogP contribution in [0.5, 0.6) is 0 Å². The molecular weight excluding hydrogens is 361 g/mol. The molecule has 3 rings (SSSR count). The van der Waals surface area contributed by atoms with Gasteiger partial charge in [-0.25, -0.2) is 4.90 Å². The summed E-state index contributed by atoms with van der Waals surface area (Å²) in [5.41, 5.74) is -2.72. The molecule has 2 aliphatic heterocycles. The molecule has 0 aromatic heterocycles. The monoisotopic (exact) mass is 380 g/mol. The second-order valence-corrected chi connectivity index (χ2v) is 7.22. The van der Waals surface area contributed by atoms with E-state index in [2.05, 4.69) is 0 Å². The number of alkyl halides is 3. The smallest absolute Gasteiger partial charge is 0.374 e. The van der Waals surface area contributed by atoms with Gasteiger partial charge in [0, 0.05) is 5.92 Å². The second kappa shape index (κ2) is 6.34. The van der Waals surface area contributed by atoms with Gasteiger partial charge in [0.1, 0.15) is 0 Å². The van der Waals surface area contributed by atoms with Gasteiger partial charge in [-0.2, -0.15) is 18.4 Å². The minimum atomic E-state index is -4.77. The number of anilines is 1. The van der Waals surface area contributed by atoms with Gasteiger partial charge < -0.3 is 4.74 Å². The van der Waals surface area contributed by atoms with Crippen LogP contribution in [0.4, 0.5) is 18.9 Å². The van der Waals surface area contributed by atoms with Gasteiger partial charge in [0.25, 0.3) is 0 Å². The molecular formula is C19H19F3N2O3. The summed E-state index contributed by atoms with van der Waals surface area (Å²) >= 11 is 0. The Kier molecular flexibility index (Phi) is 4.55. The molecule has 0 saturated carbocycles. The van der Waals surface area contributed by atoms with Crippen molar-refractivity contribution in [2.75, 3.05) is 11.5 Å². The number of nitriles is 1. The van der Waals surface area contributed by atoms with Crippen LogP contribution >= 0.6 is 0 Å². The number of imide groups is 1. The van der Waals surface area contributed by atoms with Crippen LogP contribution < -0.4 is 4.90 Å². The standard InChI is InChI=1S/C19H19F3N2O3/c1-4-12-9-27-18(12,3)15-10(2)16(25)24(17(15)26)13-6-5-11(8-23)14(7-13)19(20,21)22/h5-7,10,12,15H,4,9H2,1-3H3. The van der Waals surface area contributed by atoms with Crippen molar-refractivity contribution >= 4 is 17.5 Å². The zero-order chi connectivity index (χ0) is 20.1. The summed E-state index contributed by atoms with van der Waals surface area (Å²) in [6.07, 6.45) is -4.00. The van der Waals surface area contributed by atoms with Crippen LogP contribution in [0.3, 0.4) is 0 Å². The number of nitrogens with zero attached hydrogens (tertiary/aromatic N) is 2. The molecule has 0 radical (unpaired) electrons. The zero-order valence-electron chi connectivity index (χ0n) is 15.1. The van der Waals surface area contributed by atoms with E-state index in [4.69, 9.17) is 10.00 Å². The van der Waals surface area contributed by atoms with Crippen LogP contribution in [0.15, 0.2) is 18.2 Å². The van der Waals surface area contributed by atoms with Gasteiger partial charge in [-0.05, 0) is 31.5 Å². The summed E-state index contributed by atoms with van der Waals surface area (Å²) in [5, 5.41) is 8.91. The SMILES string of the molecule is CCC1COC1(C)C1C(=O)N(c2ccc(C#N)c(C(F)(F)F)c2)C(=O)C1C. The Morgan fingerprint density at radius 3 is 2.48 bits per heavy atom. The molecule has 0 spiro atoms. The predicted octanol–water partition coefficient (Wildman–Crippen LogP) is 3.52. The quantitative estimate of drug-likeness (QED) is 0.753. The lowest BCUT2D eigenvalue weighted by Crippen LogP contribution is -2.59. The van der Waals surface area contributed by atoms with Crippen molar-refractivity contribution < 1.29 is 27.5 Å². The lowest BCUT2D eigenvalue weighted by Gasteiger charge is -2.50. The summed E-state index contributed by atoms with van der Waals surface area (Å²) in [5.74, 6) is -2.48. The maximum atomic E-state index is 13.2. The van der Waals surface area contributed by atoms with E-state index in [1.807, 2.05) is 6.92 Å². The molecule has 2 fully saturated rings. The Hall–Kier alpha value is -2.40. The maximum Gasteiger partial charge on any atom is 0.417 e. The molecule has 2 heterocycles. The average molecular weight is 380 g/mol. The molecule has 0 N–H and O–H groups in total. The fourth-order valence-electron chi connectivity index (χ4n) is 4.14. The highest BCUT2D eigenvalue weighted by molar-refractivity contribution is 6.22. The fourth-order valence-corrected chi connectivity index (χ4v) is 4.14. The molecule has 27 heavy (non-hydrogen) atoms. The van der Waals surface area contributed by atoms with E-state index in [9.17, 15) is 22.8 Å². The molecule has 2 saturated heterocycles. The first-order valence-electron chi connectivity index (χ1n) is 8.69. The molecule has 4 atom stereocenters. The van der Waals surface area contributed by atoms with E-state index < -0.39 is 46.6 Å².